The summed E-state index contributed by atoms with van der Waals surface area (Å²) in [4.78, 5) is 23.2. The monoisotopic (exact) mass is 435 g/mol. The average Bonchev–Trinajstić information content (AvgIpc) is 2.77. The highest BCUT2D eigenvalue weighted by atomic mass is 19.4. The number of alkyl halides is 3. The van der Waals surface area contributed by atoms with Crippen LogP contribution >= 0.6 is 0 Å². The highest BCUT2D eigenvalue weighted by Gasteiger charge is 2.30. The fourth-order valence-electron chi connectivity index (χ4n) is 3.67. The highest BCUT2D eigenvalue weighted by Crippen LogP contribution is 2.29. The zero-order chi connectivity index (χ0) is 21.8. The zero-order valence-electron chi connectivity index (χ0n) is 16.9. The number of hydrogen-bond acceptors (Lipinski definition) is 5. The maximum Gasteiger partial charge on any atom is 0.416 e. The molecule has 1 aromatic carbocycles. The van der Waals surface area contributed by atoms with Gasteiger partial charge >= 0.3 is 12.2 Å². The minimum Gasteiger partial charge on any atom is -0.381 e. The summed E-state index contributed by atoms with van der Waals surface area (Å²) in [6.07, 6.45) is -0.108. The molecule has 2 aliphatic rings. The predicted molar refractivity (Wildman–Crippen MR) is 107 cm³/mol. The van der Waals surface area contributed by atoms with E-state index in [0.29, 0.717) is 31.0 Å². The Morgan fingerprint density at radius 1 is 1.19 bits per heavy atom. The lowest BCUT2D eigenvalue weighted by atomic mass is 10.1. The van der Waals surface area contributed by atoms with Gasteiger partial charge in [0.1, 0.15) is 0 Å². The van der Waals surface area contributed by atoms with Crippen molar-refractivity contribution < 1.29 is 22.7 Å². The summed E-state index contributed by atoms with van der Waals surface area (Å²) >= 11 is 0. The van der Waals surface area contributed by atoms with Gasteiger partial charge in [0.2, 0.25) is 5.95 Å². The number of rotatable bonds is 4. The SMILES string of the molecule is O=C(NCc1ccc(C(F)(F)F)cc1)N1CCc2cnc(NC3CCOCC3)nc2C1. The average molecular weight is 435 g/mol. The minimum atomic E-state index is -4.37. The largest absolute Gasteiger partial charge is 0.416 e. The first-order valence-electron chi connectivity index (χ1n) is 10.3. The third-order valence-corrected chi connectivity index (χ3v) is 5.51. The summed E-state index contributed by atoms with van der Waals surface area (Å²) < 4.78 is 43.3. The van der Waals surface area contributed by atoms with Crippen LogP contribution in [0.25, 0.3) is 0 Å². The van der Waals surface area contributed by atoms with Crippen LogP contribution in [-0.4, -0.2) is 46.7 Å². The quantitative estimate of drug-likeness (QED) is 0.770. The summed E-state index contributed by atoms with van der Waals surface area (Å²) in [7, 11) is 0. The Labute approximate surface area is 178 Å². The Balaban J connectivity index is 1.33. The van der Waals surface area contributed by atoms with E-state index in [1.54, 1.807) is 11.1 Å². The normalized spacial score (nSPS) is 17.2. The van der Waals surface area contributed by atoms with Gasteiger partial charge in [-0.3, -0.25) is 0 Å². The lowest BCUT2D eigenvalue weighted by molar-refractivity contribution is -0.137. The van der Waals surface area contributed by atoms with Crippen LogP contribution in [0.2, 0.25) is 0 Å². The zero-order valence-corrected chi connectivity index (χ0v) is 16.9. The number of anilines is 1. The lowest BCUT2D eigenvalue weighted by Crippen LogP contribution is -2.43. The molecule has 4 rings (SSSR count). The third kappa shape index (κ3) is 5.43. The second-order valence-electron chi connectivity index (χ2n) is 7.72. The predicted octanol–water partition coefficient (Wildman–Crippen LogP) is 3.35. The molecule has 1 aromatic heterocycles. The second-order valence-corrected chi connectivity index (χ2v) is 7.72. The number of amides is 2. The molecule has 7 nitrogen and oxygen atoms in total. The van der Waals surface area contributed by atoms with Crippen molar-refractivity contribution >= 4 is 12.0 Å². The van der Waals surface area contributed by atoms with E-state index in [2.05, 4.69) is 20.6 Å². The fourth-order valence-corrected chi connectivity index (χ4v) is 3.67. The molecule has 31 heavy (non-hydrogen) atoms. The van der Waals surface area contributed by atoms with Crippen molar-refractivity contribution in [2.75, 3.05) is 25.1 Å². The first-order valence-corrected chi connectivity index (χ1v) is 10.3. The molecule has 166 valence electrons. The molecule has 0 spiro atoms. The van der Waals surface area contributed by atoms with E-state index < -0.39 is 11.7 Å². The molecule has 1 saturated heterocycles. The summed E-state index contributed by atoms with van der Waals surface area (Å²) in [6, 6.07) is 4.78. The smallest absolute Gasteiger partial charge is 0.381 e. The number of nitrogens with one attached hydrogen (secondary N) is 2. The van der Waals surface area contributed by atoms with Gasteiger partial charge in [0.15, 0.2) is 0 Å². The van der Waals surface area contributed by atoms with Gasteiger partial charge in [-0.1, -0.05) is 12.1 Å². The van der Waals surface area contributed by atoms with Gasteiger partial charge in [0.05, 0.1) is 17.8 Å². The number of benzene rings is 1. The molecular weight excluding hydrogens is 411 g/mol. The fraction of sp³-hybridized carbons (Fsp3) is 0.476. The molecule has 3 heterocycles. The van der Waals surface area contributed by atoms with Crippen LogP contribution in [0, 0.1) is 0 Å². The van der Waals surface area contributed by atoms with E-state index in [0.717, 1.165) is 49.4 Å². The molecule has 0 radical (unpaired) electrons. The van der Waals surface area contributed by atoms with Gasteiger partial charge in [0.25, 0.3) is 0 Å². The van der Waals surface area contributed by atoms with Gasteiger partial charge in [0, 0.05) is 38.5 Å². The van der Waals surface area contributed by atoms with E-state index in [9.17, 15) is 18.0 Å². The third-order valence-electron chi connectivity index (χ3n) is 5.51. The summed E-state index contributed by atoms with van der Waals surface area (Å²) in [5.41, 5.74) is 1.72. The van der Waals surface area contributed by atoms with E-state index >= 15 is 0 Å². The van der Waals surface area contributed by atoms with Crippen molar-refractivity contribution in [2.24, 2.45) is 0 Å². The molecule has 10 heteroatoms. The number of halogens is 3. The summed E-state index contributed by atoms with van der Waals surface area (Å²) in [5.74, 6) is 0.553. The van der Waals surface area contributed by atoms with Crippen molar-refractivity contribution in [2.45, 2.75) is 44.6 Å². The number of ether oxygens (including phenoxy) is 1. The van der Waals surface area contributed by atoms with Gasteiger partial charge < -0.3 is 20.3 Å². The van der Waals surface area contributed by atoms with Gasteiger partial charge in [-0.05, 0) is 42.5 Å². The van der Waals surface area contributed by atoms with Crippen molar-refractivity contribution in [3.05, 3.63) is 52.8 Å². The molecule has 2 N–H and O–H groups in total. The van der Waals surface area contributed by atoms with Crippen LogP contribution in [-0.2, 0) is 30.4 Å². The molecule has 2 aromatic rings. The highest BCUT2D eigenvalue weighted by molar-refractivity contribution is 5.74. The Hall–Kier alpha value is -2.88. The number of nitrogens with zero attached hydrogens (tertiary/aromatic N) is 3. The molecule has 1 fully saturated rings. The van der Waals surface area contributed by atoms with Crippen molar-refractivity contribution in [3.63, 3.8) is 0 Å². The maximum absolute atomic E-state index is 12.7. The van der Waals surface area contributed by atoms with Crippen molar-refractivity contribution in [1.82, 2.24) is 20.2 Å². The van der Waals surface area contributed by atoms with E-state index in [-0.39, 0.29) is 18.6 Å². The molecule has 0 unspecified atom stereocenters. The van der Waals surface area contributed by atoms with Crippen LogP contribution in [0.1, 0.15) is 35.2 Å². The standard InChI is InChI=1S/C21H24F3N5O2/c22-21(23,24)16-3-1-14(2-4-16)11-26-20(30)29-8-5-15-12-25-19(28-18(15)13-29)27-17-6-9-31-10-7-17/h1-4,12,17H,5-11,13H2,(H,26,30)(H,25,27,28). The van der Waals surface area contributed by atoms with Gasteiger partial charge in [-0.2, -0.15) is 13.2 Å². The van der Waals surface area contributed by atoms with Gasteiger partial charge in [-0.25, -0.2) is 14.8 Å². The molecule has 2 aliphatic heterocycles. The Morgan fingerprint density at radius 2 is 1.94 bits per heavy atom. The summed E-state index contributed by atoms with van der Waals surface area (Å²) in [6.45, 7) is 2.48. The molecule has 2 amide bonds. The van der Waals surface area contributed by atoms with Crippen LogP contribution < -0.4 is 10.6 Å². The molecule has 0 aliphatic carbocycles. The van der Waals surface area contributed by atoms with Crippen molar-refractivity contribution in [1.29, 1.82) is 0 Å². The van der Waals surface area contributed by atoms with Crippen LogP contribution in [0.4, 0.5) is 23.9 Å². The maximum atomic E-state index is 12.7. The number of carbonyl (C=O) groups excluding carboxylic acids is 1. The van der Waals surface area contributed by atoms with Crippen LogP contribution in [0.3, 0.4) is 0 Å². The number of urea groups is 1. The van der Waals surface area contributed by atoms with E-state index in [4.69, 9.17) is 4.74 Å². The molecule has 0 saturated carbocycles. The van der Waals surface area contributed by atoms with Gasteiger partial charge in [-0.15, -0.1) is 0 Å². The first kappa shape index (κ1) is 21.4. The van der Waals surface area contributed by atoms with Crippen LogP contribution in [0.5, 0.6) is 0 Å². The van der Waals surface area contributed by atoms with E-state index in [1.165, 1.54) is 12.1 Å². The summed E-state index contributed by atoms with van der Waals surface area (Å²) in [5, 5.41) is 6.11. The lowest BCUT2D eigenvalue weighted by Gasteiger charge is -2.29. The van der Waals surface area contributed by atoms with Crippen LogP contribution in [0.15, 0.2) is 30.5 Å². The number of fused-ring (bicyclic) bond motifs is 1. The number of aromatic nitrogens is 2. The number of hydrogen-bond donors (Lipinski definition) is 2. The Morgan fingerprint density at radius 3 is 2.65 bits per heavy atom. The topological polar surface area (TPSA) is 79.4 Å². The Kier molecular flexibility index (Phi) is 6.26. The Bertz CT molecular complexity index is 914. The molecule has 0 atom stereocenters. The second kappa shape index (κ2) is 9.09. The van der Waals surface area contributed by atoms with Crippen molar-refractivity contribution in [3.8, 4) is 0 Å². The molecular formula is C21H24F3N5O2. The number of carbonyl (C=O) groups is 1. The minimum absolute atomic E-state index is 0.153. The van der Waals surface area contributed by atoms with E-state index in [1.807, 2.05) is 0 Å². The molecule has 0 bridgehead atoms. The first-order chi connectivity index (χ1) is 14.9.